The van der Waals surface area contributed by atoms with E-state index in [1.54, 1.807) is 6.92 Å². The van der Waals surface area contributed by atoms with Gasteiger partial charge in [0.15, 0.2) is 0 Å². The number of carbonyl (C=O) groups excluding carboxylic acids is 1. The van der Waals surface area contributed by atoms with Crippen LogP contribution in [0.15, 0.2) is 11.6 Å². The molecule has 0 aliphatic rings. The molecule has 3 heteroatoms. The number of hydrogen-bond donors (Lipinski definition) is 1. The molecular formula is C7H10O3. The second kappa shape index (κ2) is 3.82. The standard InChI is InChI=1S/C7H10O3/c1-5(3-6(2)8)4-7(9)10/h4H,3H2,1-2H3,(H,9,10)/b5-4+. The van der Waals surface area contributed by atoms with Crippen molar-refractivity contribution in [2.24, 2.45) is 0 Å². The molecule has 0 rings (SSSR count). The molecule has 0 aromatic rings. The van der Waals surface area contributed by atoms with E-state index in [1.165, 1.54) is 6.92 Å². The van der Waals surface area contributed by atoms with Crippen LogP contribution in [0.3, 0.4) is 0 Å². The first kappa shape index (κ1) is 8.88. The van der Waals surface area contributed by atoms with Crippen LogP contribution in [0.1, 0.15) is 20.3 Å². The van der Waals surface area contributed by atoms with Crippen LogP contribution in [0.2, 0.25) is 0 Å². The summed E-state index contributed by atoms with van der Waals surface area (Å²) in [6.45, 7) is 3.05. The van der Waals surface area contributed by atoms with Crippen molar-refractivity contribution in [1.29, 1.82) is 0 Å². The zero-order chi connectivity index (χ0) is 8.15. The van der Waals surface area contributed by atoms with E-state index >= 15 is 0 Å². The predicted octanol–water partition coefficient (Wildman–Crippen LogP) is 0.996. The molecule has 56 valence electrons. The van der Waals surface area contributed by atoms with Crippen molar-refractivity contribution in [3.05, 3.63) is 11.6 Å². The van der Waals surface area contributed by atoms with Crippen molar-refractivity contribution in [2.75, 3.05) is 0 Å². The normalized spacial score (nSPS) is 11.2. The minimum absolute atomic E-state index is 0.0185. The topological polar surface area (TPSA) is 54.4 Å². The molecule has 0 heterocycles. The quantitative estimate of drug-likeness (QED) is 0.598. The molecule has 0 fully saturated rings. The van der Waals surface area contributed by atoms with Crippen LogP contribution in [0.5, 0.6) is 0 Å². The van der Waals surface area contributed by atoms with Gasteiger partial charge in [-0.05, 0) is 13.8 Å². The van der Waals surface area contributed by atoms with Gasteiger partial charge in [0.2, 0.25) is 0 Å². The Morgan fingerprint density at radius 3 is 2.20 bits per heavy atom. The molecule has 0 radical (unpaired) electrons. The van der Waals surface area contributed by atoms with Crippen molar-refractivity contribution in [2.45, 2.75) is 20.3 Å². The van der Waals surface area contributed by atoms with Crippen molar-refractivity contribution >= 4 is 11.8 Å². The first-order valence-electron chi connectivity index (χ1n) is 2.92. The summed E-state index contributed by atoms with van der Waals surface area (Å²) in [5.41, 5.74) is 0.583. The first-order valence-corrected chi connectivity index (χ1v) is 2.92. The maximum absolute atomic E-state index is 10.4. The number of hydrogen-bond acceptors (Lipinski definition) is 2. The smallest absolute Gasteiger partial charge is 0.328 e. The number of carbonyl (C=O) groups is 2. The van der Waals surface area contributed by atoms with Crippen LogP contribution in [-0.4, -0.2) is 16.9 Å². The second-order valence-electron chi connectivity index (χ2n) is 2.21. The zero-order valence-electron chi connectivity index (χ0n) is 6.05. The average molecular weight is 142 g/mol. The Labute approximate surface area is 59.4 Å². The first-order chi connectivity index (χ1) is 4.52. The monoisotopic (exact) mass is 142 g/mol. The molecule has 0 aromatic heterocycles. The molecule has 0 aliphatic carbocycles. The van der Waals surface area contributed by atoms with Gasteiger partial charge in [-0.25, -0.2) is 4.79 Å². The van der Waals surface area contributed by atoms with Crippen molar-refractivity contribution in [3.8, 4) is 0 Å². The summed E-state index contributed by atoms with van der Waals surface area (Å²) in [6, 6.07) is 0. The highest BCUT2D eigenvalue weighted by atomic mass is 16.4. The van der Waals surface area contributed by atoms with Gasteiger partial charge in [-0.1, -0.05) is 5.57 Å². The van der Waals surface area contributed by atoms with E-state index in [0.29, 0.717) is 5.57 Å². The number of ketones is 1. The summed E-state index contributed by atoms with van der Waals surface area (Å²) < 4.78 is 0. The number of carboxylic acid groups (broad SMARTS) is 1. The van der Waals surface area contributed by atoms with E-state index in [9.17, 15) is 9.59 Å². The van der Waals surface area contributed by atoms with E-state index in [-0.39, 0.29) is 12.2 Å². The van der Waals surface area contributed by atoms with Crippen LogP contribution in [-0.2, 0) is 9.59 Å². The summed E-state index contributed by atoms with van der Waals surface area (Å²) in [7, 11) is 0. The van der Waals surface area contributed by atoms with Gasteiger partial charge < -0.3 is 5.11 Å². The van der Waals surface area contributed by atoms with Gasteiger partial charge in [0, 0.05) is 12.5 Å². The SMILES string of the molecule is CC(=O)C/C(C)=C/C(=O)O. The lowest BCUT2D eigenvalue weighted by Crippen LogP contribution is -1.94. The highest BCUT2D eigenvalue weighted by molar-refractivity contribution is 5.84. The van der Waals surface area contributed by atoms with Crippen LogP contribution in [0.4, 0.5) is 0 Å². The summed E-state index contributed by atoms with van der Waals surface area (Å²) in [6.07, 6.45) is 1.27. The van der Waals surface area contributed by atoms with Crippen molar-refractivity contribution in [3.63, 3.8) is 0 Å². The number of aliphatic carboxylic acids is 1. The average Bonchev–Trinajstić information content (AvgIpc) is 1.58. The minimum atomic E-state index is -1.00. The Hall–Kier alpha value is -1.12. The van der Waals surface area contributed by atoms with Gasteiger partial charge in [-0.2, -0.15) is 0 Å². The summed E-state index contributed by atoms with van der Waals surface area (Å²) >= 11 is 0. The van der Waals surface area contributed by atoms with Crippen LogP contribution in [0.25, 0.3) is 0 Å². The molecule has 1 N–H and O–H groups in total. The lowest BCUT2D eigenvalue weighted by molar-refractivity contribution is -0.131. The lowest BCUT2D eigenvalue weighted by atomic mass is 10.1. The fraction of sp³-hybridized carbons (Fsp3) is 0.429. The van der Waals surface area contributed by atoms with E-state index in [0.717, 1.165) is 6.08 Å². The number of carboxylic acids is 1. The molecule has 0 aromatic carbocycles. The Morgan fingerprint density at radius 2 is 1.90 bits per heavy atom. The number of rotatable bonds is 3. The fourth-order valence-electron chi connectivity index (χ4n) is 0.654. The van der Waals surface area contributed by atoms with Crippen LogP contribution < -0.4 is 0 Å². The third kappa shape index (κ3) is 5.03. The Morgan fingerprint density at radius 1 is 1.40 bits per heavy atom. The predicted molar refractivity (Wildman–Crippen MR) is 36.7 cm³/mol. The molecule has 0 saturated heterocycles. The van der Waals surface area contributed by atoms with E-state index in [4.69, 9.17) is 5.11 Å². The summed E-state index contributed by atoms with van der Waals surface area (Å²) in [5.74, 6) is -1.02. The van der Waals surface area contributed by atoms with E-state index in [2.05, 4.69) is 0 Å². The molecule has 0 atom stereocenters. The van der Waals surface area contributed by atoms with Gasteiger partial charge in [0.25, 0.3) is 0 Å². The molecule has 10 heavy (non-hydrogen) atoms. The van der Waals surface area contributed by atoms with E-state index in [1.807, 2.05) is 0 Å². The molecule has 0 aliphatic heterocycles. The number of Topliss-reactive ketones (excluding diaryl/α,β-unsaturated/α-hetero) is 1. The third-order valence-corrected chi connectivity index (χ3v) is 0.898. The third-order valence-electron chi connectivity index (χ3n) is 0.898. The Balaban J connectivity index is 3.95. The molecular weight excluding hydrogens is 132 g/mol. The van der Waals surface area contributed by atoms with Gasteiger partial charge >= 0.3 is 5.97 Å². The summed E-state index contributed by atoms with van der Waals surface area (Å²) in [5, 5.41) is 8.21. The molecule has 3 nitrogen and oxygen atoms in total. The maximum Gasteiger partial charge on any atom is 0.328 e. The largest absolute Gasteiger partial charge is 0.478 e. The highest BCUT2D eigenvalue weighted by Crippen LogP contribution is 1.98. The maximum atomic E-state index is 10.4. The highest BCUT2D eigenvalue weighted by Gasteiger charge is 1.96. The van der Waals surface area contributed by atoms with Gasteiger partial charge in [0.05, 0.1) is 0 Å². The molecule has 0 amide bonds. The molecule has 0 unspecified atom stereocenters. The van der Waals surface area contributed by atoms with Crippen molar-refractivity contribution in [1.82, 2.24) is 0 Å². The number of allylic oxidation sites excluding steroid dienone is 1. The minimum Gasteiger partial charge on any atom is -0.478 e. The second-order valence-corrected chi connectivity index (χ2v) is 2.21. The fourth-order valence-corrected chi connectivity index (χ4v) is 0.654. The van der Waals surface area contributed by atoms with Crippen LogP contribution in [0, 0.1) is 0 Å². The molecule has 0 saturated carbocycles. The van der Waals surface area contributed by atoms with Crippen molar-refractivity contribution < 1.29 is 14.7 Å². The van der Waals surface area contributed by atoms with Gasteiger partial charge in [-0.15, -0.1) is 0 Å². The summed E-state index contributed by atoms with van der Waals surface area (Å²) in [4.78, 5) is 20.4. The molecule has 0 spiro atoms. The Kier molecular flexibility index (Phi) is 3.39. The van der Waals surface area contributed by atoms with Crippen LogP contribution >= 0.6 is 0 Å². The zero-order valence-corrected chi connectivity index (χ0v) is 6.05. The Bertz CT molecular complexity index is 179. The van der Waals surface area contributed by atoms with Gasteiger partial charge in [0.1, 0.15) is 5.78 Å². The van der Waals surface area contributed by atoms with E-state index < -0.39 is 5.97 Å². The molecule has 0 bridgehead atoms. The lowest BCUT2D eigenvalue weighted by Gasteiger charge is -1.92. The van der Waals surface area contributed by atoms with Gasteiger partial charge in [-0.3, -0.25) is 4.79 Å².